The lowest BCUT2D eigenvalue weighted by molar-refractivity contribution is 0.170. The second-order valence-electron chi connectivity index (χ2n) is 10.8. The van der Waals surface area contributed by atoms with E-state index in [0.29, 0.717) is 5.41 Å². The molecule has 1 heterocycles. The number of hydrogen-bond donors (Lipinski definition) is 0. The predicted octanol–water partition coefficient (Wildman–Crippen LogP) is 6.26. The maximum Gasteiger partial charge on any atom is 0.0443 e. The summed E-state index contributed by atoms with van der Waals surface area (Å²) in [4.78, 5) is 5.34. The Hall–Kier alpha value is -0.990. The van der Waals surface area contributed by atoms with Gasteiger partial charge in [0.2, 0.25) is 0 Å². The lowest BCUT2D eigenvalue weighted by Crippen LogP contribution is -2.48. The van der Waals surface area contributed by atoms with E-state index in [1.165, 1.54) is 76.1 Å². The van der Waals surface area contributed by atoms with E-state index < -0.39 is 0 Å². The van der Waals surface area contributed by atoms with Gasteiger partial charge in [-0.3, -0.25) is 4.90 Å². The molecular formula is C25H39ClN2. The third-order valence-corrected chi connectivity index (χ3v) is 6.87. The van der Waals surface area contributed by atoms with Crippen LogP contribution in [0, 0.1) is 16.7 Å². The van der Waals surface area contributed by atoms with Crippen molar-refractivity contribution in [2.75, 3.05) is 37.6 Å². The molecule has 0 radical (unpaired) electrons. The van der Waals surface area contributed by atoms with Gasteiger partial charge in [0.05, 0.1) is 0 Å². The summed E-state index contributed by atoms with van der Waals surface area (Å²) in [6.07, 6.45) is 9.40. The van der Waals surface area contributed by atoms with Crippen molar-refractivity contribution in [1.29, 1.82) is 0 Å². The van der Waals surface area contributed by atoms with Crippen molar-refractivity contribution in [2.24, 2.45) is 16.7 Å². The van der Waals surface area contributed by atoms with Crippen molar-refractivity contribution in [3.8, 4) is 0 Å². The van der Waals surface area contributed by atoms with Gasteiger partial charge in [0.25, 0.3) is 0 Å². The minimum atomic E-state index is 0. The largest absolute Gasteiger partial charge is 0.368 e. The van der Waals surface area contributed by atoms with Gasteiger partial charge in [0.15, 0.2) is 0 Å². The van der Waals surface area contributed by atoms with Crippen LogP contribution in [0.4, 0.5) is 5.69 Å². The quantitative estimate of drug-likeness (QED) is 0.586. The fraction of sp³-hybridized carbons (Fsp3) is 0.680. The Labute approximate surface area is 178 Å². The summed E-state index contributed by atoms with van der Waals surface area (Å²) in [6, 6.07) is 9.16. The molecule has 0 aromatic heterocycles. The van der Waals surface area contributed by atoms with Gasteiger partial charge in [-0.1, -0.05) is 58.4 Å². The number of piperazine rings is 1. The Morgan fingerprint density at radius 1 is 0.964 bits per heavy atom. The number of allylic oxidation sites excluding steroid dienone is 2. The van der Waals surface area contributed by atoms with Gasteiger partial charge < -0.3 is 4.90 Å². The van der Waals surface area contributed by atoms with Crippen molar-refractivity contribution in [3.05, 3.63) is 35.9 Å². The third-order valence-electron chi connectivity index (χ3n) is 6.87. The van der Waals surface area contributed by atoms with E-state index in [2.05, 4.69) is 67.8 Å². The lowest BCUT2D eigenvalue weighted by atomic mass is 9.65. The molecule has 156 valence electrons. The van der Waals surface area contributed by atoms with Crippen LogP contribution in [-0.4, -0.2) is 37.6 Å². The highest BCUT2D eigenvalue weighted by Gasteiger charge is 2.34. The van der Waals surface area contributed by atoms with Crippen LogP contribution in [0.2, 0.25) is 0 Å². The molecule has 1 saturated carbocycles. The molecule has 0 N–H and O–H groups in total. The lowest BCUT2D eigenvalue weighted by Gasteiger charge is -2.42. The fourth-order valence-corrected chi connectivity index (χ4v) is 5.79. The zero-order valence-electron chi connectivity index (χ0n) is 18.3. The first-order chi connectivity index (χ1) is 12.8. The molecule has 0 atom stereocenters. The molecule has 0 unspecified atom stereocenters. The maximum absolute atomic E-state index is 2.70. The molecule has 0 bridgehead atoms. The molecule has 28 heavy (non-hydrogen) atoms. The highest BCUT2D eigenvalue weighted by molar-refractivity contribution is 5.85. The molecule has 1 aromatic carbocycles. The van der Waals surface area contributed by atoms with E-state index in [-0.39, 0.29) is 17.8 Å². The van der Waals surface area contributed by atoms with Crippen molar-refractivity contribution >= 4 is 23.7 Å². The molecule has 0 spiro atoms. The Kier molecular flexibility index (Phi) is 6.51. The SMILES string of the molecule is CC1(C)C=C(c2ccccc2N2CCN(CC3CCC3)CC2)CC(C)(C)C1.Cl. The first kappa shape index (κ1) is 21.7. The van der Waals surface area contributed by atoms with Gasteiger partial charge in [-0.2, -0.15) is 0 Å². The van der Waals surface area contributed by atoms with E-state index in [1.54, 1.807) is 5.57 Å². The Bertz CT molecular complexity index is 694. The highest BCUT2D eigenvalue weighted by Crippen LogP contribution is 2.48. The number of halogens is 1. The van der Waals surface area contributed by atoms with Crippen LogP contribution in [0.5, 0.6) is 0 Å². The van der Waals surface area contributed by atoms with Gasteiger partial charge in [-0.15, -0.1) is 12.4 Å². The first-order valence-electron chi connectivity index (χ1n) is 11.1. The van der Waals surface area contributed by atoms with Gasteiger partial charge in [-0.05, 0) is 54.1 Å². The minimum absolute atomic E-state index is 0. The molecule has 1 aromatic rings. The van der Waals surface area contributed by atoms with Gasteiger partial charge in [0.1, 0.15) is 0 Å². The van der Waals surface area contributed by atoms with Crippen LogP contribution in [-0.2, 0) is 0 Å². The molecule has 4 rings (SSSR count). The van der Waals surface area contributed by atoms with E-state index in [1.807, 2.05) is 0 Å². The number of rotatable bonds is 4. The van der Waals surface area contributed by atoms with Crippen molar-refractivity contribution in [3.63, 3.8) is 0 Å². The van der Waals surface area contributed by atoms with Crippen LogP contribution >= 0.6 is 12.4 Å². The number of hydrogen-bond acceptors (Lipinski definition) is 2. The summed E-state index contributed by atoms with van der Waals surface area (Å²) in [6.45, 7) is 15.8. The van der Waals surface area contributed by atoms with Gasteiger partial charge >= 0.3 is 0 Å². The average Bonchev–Trinajstić information content (AvgIpc) is 2.56. The zero-order valence-corrected chi connectivity index (χ0v) is 19.2. The molecule has 1 saturated heterocycles. The van der Waals surface area contributed by atoms with Crippen LogP contribution in [0.3, 0.4) is 0 Å². The molecular weight excluding hydrogens is 364 g/mol. The van der Waals surface area contributed by atoms with Crippen LogP contribution in [0.15, 0.2) is 30.3 Å². The summed E-state index contributed by atoms with van der Waals surface area (Å²) in [5.74, 6) is 0.987. The van der Waals surface area contributed by atoms with Crippen molar-refractivity contribution in [1.82, 2.24) is 4.90 Å². The van der Waals surface area contributed by atoms with Crippen LogP contribution in [0.25, 0.3) is 5.57 Å². The second-order valence-corrected chi connectivity index (χ2v) is 10.8. The summed E-state index contributed by atoms with van der Waals surface area (Å²) in [5, 5.41) is 0. The van der Waals surface area contributed by atoms with E-state index >= 15 is 0 Å². The number of para-hydroxylation sites is 1. The Balaban J connectivity index is 0.00000225. The highest BCUT2D eigenvalue weighted by atomic mass is 35.5. The maximum atomic E-state index is 2.70. The van der Waals surface area contributed by atoms with Crippen LogP contribution in [0.1, 0.15) is 65.4 Å². The van der Waals surface area contributed by atoms with Crippen molar-refractivity contribution in [2.45, 2.75) is 59.8 Å². The molecule has 3 heteroatoms. The summed E-state index contributed by atoms with van der Waals surface area (Å²) in [5.41, 5.74) is 5.16. The first-order valence-corrected chi connectivity index (χ1v) is 11.1. The standard InChI is InChI=1S/C25H38N2.ClH/c1-24(2)16-21(17-25(3,4)19-24)22-10-5-6-11-23(22)27-14-12-26(13-15-27)18-20-8-7-9-20;/h5-6,10-11,16,20H,7-9,12-15,17-19H2,1-4H3;1H. The third kappa shape index (κ3) is 4.94. The van der Waals surface area contributed by atoms with E-state index in [9.17, 15) is 0 Å². The number of benzene rings is 1. The molecule has 2 fully saturated rings. The monoisotopic (exact) mass is 402 g/mol. The average molecular weight is 403 g/mol. The smallest absolute Gasteiger partial charge is 0.0443 e. The number of nitrogens with zero attached hydrogens (tertiary/aromatic N) is 2. The molecule has 2 nitrogen and oxygen atoms in total. The van der Waals surface area contributed by atoms with E-state index in [4.69, 9.17) is 0 Å². The van der Waals surface area contributed by atoms with Gasteiger partial charge in [0, 0.05) is 44.0 Å². The minimum Gasteiger partial charge on any atom is -0.368 e. The Morgan fingerprint density at radius 3 is 2.25 bits per heavy atom. The zero-order chi connectivity index (χ0) is 19.1. The molecule has 2 aliphatic carbocycles. The fourth-order valence-electron chi connectivity index (χ4n) is 5.79. The summed E-state index contributed by atoms with van der Waals surface area (Å²) in [7, 11) is 0. The summed E-state index contributed by atoms with van der Waals surface area (Å²) >= 11 is 0. The van der Waals surface area contributed by atoms with Gasteiger partial charge in [-0.25, -0.2) is 0 Å². The second kappa shape index (κ2) is 8.40. The summed E-state index contributed by atoms with van der Waals surface area (Å²) < 4.78 is 0. The van der Waals surface area contributed by atoms with Crippen LogP contribution < -0.4 is 4.90 Å². The normalized spacial score (nSPS) is 24.9. The molecule has 3 aliphatic rings. The topological polar surface area (TPSA) is 6.48 Å². The molecule has 0 amide bonds. The predicted molar refractivity (Wildman–Crippen MR) is 124 cm³/mol. The molecule has 1 aliphatic heterocycles. The Morgan fingerprint density at radius 2 is 1.64 bits per heavy atom. The number of anilines is 1. The van der Waals surface area contributed by atoms with E-state index in [0.717, 1.165) is 5.92 Å². The van der Waals surface area contributed by atoms with Crippen molar-refractivity contribution < 1.29 is 0 Å².